The highest BCUT2D eigenvalue weighted by atomic mass is 16.4. The van der Waals surface area contributed by atoms with E-state index in [1.54, 1.807) is 12.1 Å². The molecule has 2 aromatic heterocycles. The maximum atomic E-state index is 11.6. The number of hydrogen-bond donors (Lipinski definition) is 3. The molecule has 0 spiro atoms. The number of carboxylic acids is 1. The predicted molar refractivity (Wildman–Crippen MR) is 94.4 cm³/mol. The number of benzene rings is 1. The zero-order valence-electron chi connectivity index (χ0n) is 13.2. The largest absolute Gasteiger partial charge is 0.478 e. The molecule has 1 aliphatic carbocycles. The van der Waals surface area contributed by atoms with E-state index >= 15 is 0 Å². The van der Waals surface area contributed by atoms with Crippen molar-refractivity contribution >= 4 is 22.8 Å². The summed E-state index contributed by atoms with van der Waals surface area (Å²) in [6.07, 6.45) is 6.65. The van der Waals surface area contributed by atoms with Gasteiger partial charge in [0.25, 0.3) is 0 Å². The number of fused-ring (bicyclic) bond motifs is 1. The first kappa shape index (κ1) is 14.8. The first-order valence-corrected chi connectivity index (χ1v) is 8.30. The zero-order chi connectivity index (χ0) is 16.5. The number of aromatic carboxylic acids is 1. The number of pyridine rings is 1. The Morgan fingerprint density at radius 1 is 1.17 bits per heavy atom. The number of aromatic amines is 1. The van der Waals surface area contributed by atoms with Gasteiger partial charge in [0, 0.05) is 17.6 Å². The van der Waals surface area contributed by atoms with Crippen LogP contribution in [-0.4, -0.2) is 27.1 Å². The lowest BCUT2D eigenvalue weighted by atomic mass is 9.98. The highest BCUT2D eigenvalue weighted by molar-refractivity contribution is 6.02. The van der Waals surface area contributed by atoms with Crippen LogP contribution < -0.4 is 5.32 Å². The molecule has 0 unspecified atom stereocenters. The van der Waals surface area contributed by atoms with Gasteiger partial charge in [-0.25, -0.2) is 9.78 Å². The van der Waals surface area contributed by atoms with Crippen molar-refractivity contribution in [1.29, 1.82) is 0 Å². The lowest BCUT2D eigenvalue weighted by Gasteiger charge is -2.15. The van der Waals surface area contributed by atoms with Gasteiger partial charge in [-0.2, -0.15) is 0 Å². The molecule has 5 heteroatoms. The van der Waals surface area contributed by atoms with Crippen molar-refractivity contribution in [2.45, 2.75) is 31.7 Å². The van der Waals surface area contributed by atoms with Gasteiger partial charge in [-0.1, -0.05) is 31.0 Å². The third-order valence-corrected chi connectivity index (χ3v) is 4.68. The van der Waals surface area contributed by atoms with Gasteiger partial charge in [0.15, 0.2) is 0 Å². The average Bonchev–Trinajstić information content (AvgIpc) is 3.25. The van der Waals surface area contributed by atoms with Crippen molar-refractivity contribution in [3.63, 3.8) is 0 Å². The smallest absolute Gasteiger partial charge is 0.336 e. The molecule has 0 saturated heterocycles. The second-order valence-corrected chi connectivity index (χ2v) is 6.27. The lowest BCUT2D eigenvalue weighted by molar-refractivity contribution is 0.0697. The zero-order valence-corrected chi connectivity index (χ0v) is 13.2. The molecule has 122 valence electrons. The molecule has 1 fully saturated rings. The van der Waals surface area contributed by atoms with Gasteiger partial charge in [0.2, 0.25) is 0 Å². The fourth-order valence-electron chi connectivity index (χ4n) is 3.52. The highest BCUT2D eigenvalue weighted by Crippen LogP contribution is 2.33. The van der Waals surface area contributed by atoms with Crippen molar-refractivity contribution < 1.29 is 9.90 Å². The Balaban J connectivity index is 1.85. The topological polar surface area (TPSA) is 78.0 Å². The lowest BCUT2D eigenvalue weighted by Crippen LogP contribution is -2.15. The summed E-state index contributed by atoms with van der Waals surface area (Å²) in [5, 5.41) is 13.9. The summed E-state index contributed by atoms with van der Waals surface area (Å²) in [6.45, 7) is 0. The van der Waals surface area contributed by atoms with Crippen LogP contribution in [0.3, 0.4) is 0 Å². The molecule has 1 aliphatic rings. The van der Waals surface area contributed by atoms with Crippen LogP contribution in [0, 0.1) is 0 Å². The summed E-state index contributed by atoms with van der Waals surface area (Å²) in [5.74, 6) is -0.122. The quantitative estimate of drug-likeness (QED) is 0.670. The van der Waals surface area contributed by atoms with E-state index < -0.39 is 5.97 Å². The van der Waals surface area contributed by atoms with Crippen LogP contribution in [0.4, 0.5) is 5.82 Å². The average molecular weight is 321 g/mol. The van der Waals surface area contributed by atoms with Crippen LogP contribution in [0.25, 0.3) is 22.2 Å². The minimum absolute atomic E-state index is 0.304. The first-order chi connectivity index (χ1) is 11.7. The first-order valence-electron chi connectivity index (χ1n) is 8.30. The number of rotatable bonds is 4. The number of aromatic nitrogens is 2. The number of carboxylic acid groups (broad SMARTS) is 1. The maximum Gasteiger partial charge on any atom is 0.336 e. The second-order valence-electron chi connectivity index (χ2n) is 6.27. The molecule has 0 amide bonds. The molecule has 3 N–H and O–H groups in total. The fraction of sp³-hybridized carbons (Fsp3) is 0.263. The Morgan fingerprint density at radius 2 is 1.96 bits per heavy atom. The number of anilines is 1. The van der Waals surface area contributed by atoms with E-state index in [4.69, 9.17) is 0 Å². The van der Waals surface area contributed by atoms with Crippen LogP contribution in [-0.2, 0) is 0 Å². The molecule has 24 heavy (non-hydrogen) atoms. The van der Waals surface area contributed by atoms with Gasteiger partial charge < -0.3 is 15.4 Å². The SMILES string of the molecule is O=C(O)c1ccccc1-c1cc(NC2CCCC2)nc2[nH]ccc12. The third kappa shape index (κ3) is 2.62. The molecule has 3 aromatic rings. The monoisotopic (exact) mass is 321 g/mol. The molecule has 1 saturated carbocycles. The molecule has 2 heterocycles. The number of hydrogen-bond acceptors (Lipinski definition) is 3. The summed E-state index contributed by atoms with van der Waals surface area (Å²) in [6, 6.07) is 11.5. The fourth-order valence-corrected chi connectivity index (χ4v) is 3.52. The van der Waals surface area contributed by atoms with Gasteiger partial charge in [-0.3, -0.25) is 0 Å². The Labute approximate surface area is 139 Å². The highest BCUT2D eigenvalue weighted by Gasteiger charge is 2.18. The maximum absolute atomic E-state index is 11.6. The van der Waals surface area contributed by atoms with E-state index in [0.29, 0.717) is 17.2 Å². The summed E-state index contributed by atoms with van der Waals surface area (Å²) in [5.41, 5.74) is 2.68. The molecule has 0 aliphatic heterocycles. The molecule has 1 aromatic carbocycles. The van der Waals surface area contributed by atoms with Gasteiger partial charge in [-0.05, 0) is 42.2 Å². The van der Waals surface area contributed by atoms with E-state index in [9.17, 15) is 9.90 Å². The van der Waals surface area contributed by atoms with E-state index in [1.807, 2.05) is 30.5 Å². The predicted octanol–water partition coefficient (Wildman–Crippen LogP) is 4.28. The molecule has 4 rings (SSSR count). The summed E-state index contributed by atoms with van der Waals surface area (Å²) in [7, 11) is 0. The Hall–Kier alpha value is -2.82. The van der Waals surface area contributed by atoms with Gasteiger partial charge in [0.1, 0.15) is 11.5 Å². The van der Waals surface area contributed by atoms with Crippen LogP contribution in [0.15, 0.2) is 42.6 Å². The van der Waals surface area contributed by atoms with Crippen molar-refractivity contribution in [3.05, 3.63) is 48.2 Å². The summed E-state index contributed by atoms with van der Waals surface area (Å²) < 4.78 is 0. The Kier molecular flexibility index (Phi) is 3.69. The van der Waals surface area contributed by atoms with Crippen molar-refractivity contribution in [1.82, 2.24) is 9.97 Å². The van der Waals surface area contributed by atoms with E-state index in [1.165, 1.54) is 12.8 Å². The minimum atomic E-state index is -0.920. The van der Waals surface area contributed by atoms with Crippen LogP contribution in [0.1, 0.15) is 36.0 Å². The minimum Gasteiger partial charge on any atom is -0.478 e. The van der Waals surface area contributed by atoms with E-state index in [0.717, 1.165) is 35.3 Å². The Bertz CT molecular complexity index is 895. The Morgan fingerprint density at radius 3 is 2.75 bits per heavy atom. The van der Waals surface area contributed by atoms with Gasteiger partial charge in [0.05, 0.1) is 5.56 Å². The van der Waals surface area contributed by atoms with Crippen molar-refractivity contribution in [2.24, 2.45) is 0 Å². The summed E-state index contributed by atoms with van der Waals surface area (Å²) in [4.78, 5) is 19.4. The normalized spacial score (nSPS) is 15.0. The second kappa shape index (κ2) is 6.00. The van der Waals surface area contributed by atoms with Crippen molar-refractivity contribution in [2.75, 3.05) is 5.32 Å². The van der Waals surface area contributed by atoms with E-state index in [2.05, 4.69) is 15.3 Å². The van der Waals surface area contributed by atoms with E-state index in [-0.39, 0.29) is 0 Å². The van der Waals surface area contributed by atoms with Crippen LogP contribution in [0.2, 0.25) is 0 Å². The standard InChI is InChI=1S/C19H19N3O2/c23-19(24)15-8-4-3-7-13(15)16-11-17(21-12-5-1-2-6-12)22-18-14(16)9-10-20-18/h3-4,7-12H,1-2,5-6H2,(H,23,24)(H2,20,21,22). The van der Waals surface area contributed by atoms with Gasteiger partial charge >= 0.3 is 5.97 Å². The van der Waals surface area contributed by atoms with Crippen LogP contribution >= 0.6 is 0 Å². The molecule has 0 atom stereocenters. The number of nitrogens with one attached hydrogen (secondary N) is 2. The molecule has 0 radical (unpaired) electrons. The van der Waals surface area contributed by atoms with Crippen molar-refractivity contribution in [3.8, 4) is 11.1 Å². The third-order valence-electron chi connectivity index (χ3n) is 4.68. The number of carbonyl (C=O) groups is 1. The molecule has 5 nitrogen and oxygen atoms in total. The molecular weight excluding hydrogens is 302 g/mol. The number of H-pyrrole nitrogens is 1. The summed E-state index contributed by atoms with van der Waals surface area (Å²) >= 11 is 0. The van der Waals surface area contributed by atoms with Gasteiger partial charge in [-0.15, -0.1) is 0 Å². The number of nitrogens with zero attached hydrogens (tertiary/aromatic N) is 1. The molecule has 0 bridgehead atoms. The van der Waals surface area contributed by atoms with Crippen LogP contribution in [0.5, 0.6) is 0 Å². The molecular formula is C19H19N3O2.